The van der Waals surface area contributed by atoms with E-state index in [-0.39, 0.29) is 27.3 Å². The van der Waals surface area contributed by atoms with E-state index in [9.17, 15) is 8.42 Å². The van der Waals surface area contributed by atoms with Crippen LogP contribution < -0.4 is 4.72 Å². The molecule has 19 heavy (non-hydrogen) atoms. The second-order valence-corrected chi connectivity index (χ2v) is 7.79. The van der Waals surface area contributed by atoms with Gasteiger partial charge >= 0.3 is 0 Å². The average molecular weight is 278 g/mol. The van der Waals surface area contributed by atoms with Gasteiger partial charge in [0.2, 0.25) is 10.0 Å². The smallest absolute Gasteiger partial charge is 0.207 e. The van der Waals surface area contributed by atoms with E-state index in [1.165, 1.54) is 12.1 Å². The Morgan fingerprint density at radius 3 is 2.16 bits per heavy atom. The van der Waals surface area contributed by atoms with E-state index in [1.807, 2.05) is 33.8 Å². The Hall–Kier alpha value is -1.38. The van der Waals surface area contributed by atoms with Gasteiger partial charge in [0.05, 0.1) is 10.5 Å². The van der Waals surface area contributed by atoms with Gasteiger partial charge in [0.15, 0.2) is 0 Å². The van der Waals surface area contributed by atoms with Crippen molar-refractivity contribution in [2.24, 2.45) is 10.8 Å². The van der Waals surface area contributed by atoms with Crippen molar-refractivity contribution in [2.75, 3.05) is 0 Å². The number of nitrogens with one attached hydrogen (secondary N) is 1. The van der Waals surface area contributed by atoms with Gasteiger partial charge in [-0.1, -0.05) is 39.8 Å². The normalized spacial score (nSPS) is 20.8. The molecule has 5 heteroatoms. The second kappa shape index (κ2) is 4.06. The monoisotopic (exact) mass is 278 g/mol. The minimum atomic E-state index is -3.65. The van der Waals surface area contributed by atoms with E-state index in [1.54, 1.807) is 12.1 Å². The van der Waals surface area contributed by atoms with Crippen LogP contribution in [-0.2, 0) is 10.0 Å². The molecule has 1 N–H and O–H groups in total. The highest BCUT2D eigenvalue weighted by Gasteiger charge is 2.66. The van der Waals surface area contributed by atoms with Crippen molar-refractivity contribution in [3.63, 3.8) is 0 Å². The van der Waals surface area contributed by atoms with Gasteiger partial charge in [-0.05, 0) is 23.0 Å². The van der Waals surface area contributed by atoms with Crippen LogP contribution in [0.15, 0.2) is 29.2 Å². The Bertz CT molecular complexity index is 640. The molecule has 0 saturated heterocycles. The third kappa shape index (κ3) is 2.05. The zero-order valence-corrected chi connectivity index (χ0v) is 12.4. The van der Waals surface area contributed by atoms with Crippen molar-refractivity contribution < 1.29 is 8.42 Å². The van der Waals surface area contributed by atoms with Crippen LogP contribution in [0.3, 0.4) is 0 Å². The van der Waals surface area contributed by atoms with Crippen molar-refractivity contribution in [1.29, 1.82) is 5.26 Å². The summed E-state index contributed by atoms with van der Waals surface area (Å²) in [6.45, 7) is 8.15. The third-order valence-electron chi connectivity index (χ3n) is 4.59. The maximum atomic E-state index is 12.4. The molecule has 1 saturated carbocycles. The highest BCUT2D eigenvalue weighted by Crippen LogP contribution is 2.62. The summed E-state index contributed by atoms with van der Waals surface area (Å²) in [5, 5.41) is 8.99. The largest absolute Gasteiger partial charge is 0.242 e. The summed E-state index contributed by atoms with van der Waals surface area (Å²) in [4.78, 5) is 0.0519. The summed E-state index contributed by atoms with van der Waals surface area (Å²) in [5.74, 6) is 0. The molecule has 4 nitrogen and oxygen atoms in total. The Morgan fingerprint density at radius 2 is 1.68 bits per heavy atom. The first-order valence-electron chi connectivity index (χ1n) is 6.16. The van der Waals surface area contributed by atoms with Crippen LogP contribution >= 0.6 is 0 Å². The van der Waals surface area contributed by atoms with Crippen LogP contribution in [-0.4, -0.2) is 14.5 Å². The molecule has 0 bridgehead atoms. The molecule has 1 aromatic carbocycles. The fourth-order valence-electron chi connectivity index (χ4n) is 2.50. The van der Waals surface area contributed by atoms with Gasteiger partial charge in [-0.3, -0.25) is 0 Å². The summed E-state index contributed by atoms with van der Waals surface area (Å²) in [7, 11) is -3.65. The summed E-state index contributed by atoms with van der Waals surface area (Å²) >= 11 is 0. The molecular weight excluding hydrogens is 260 g/mol. The fourth-order valence-corrected chi connectivity index (χ4v) is 4.19. The van der Waals surface area contributed by atoms with E-state index in [4.69, 9.17) is 5.26 Å². The maximum Gasteiger partial charge on any atom is 0.242 e. The van der Waals surface area contributed by atoms with Crippen molar-refractivity contribution in [3.8, 4) is 6.07 Å². The van der Waals surface area contributed by atoms with Gasteiger partial charge in [0.1, 0.15) is 6.07 Å². The number of rotatable bonds is 3. The second-order valence-electron chi connectivity index (χ2n) is 6.11. The molecule has 0 spiro atoms. The number of nitrogens with zero attached hydrogens (tertiary/aromatic N) is 1. The summed E-state index contributed by atoms with van der Waals surface area (Å²) in [6.07, 6.45) is 0. The van der Waals surface area contributed by atoms with Crippen LogP contribution in [0.2, 0.25) is 0 Å². The Balaban J connectivity index is 2.34. The molecule has 1 aromatic rings. The molecule has 0 aromatic heterocycles. The van der Waals surface area contributed by atoms with E-state index >= 15 is 0 Å². The van der Waals surface area contributed by atoms with Crippen molar-refractivity contribution in [2.45, 2.75) is 38.6 Å². The third-order valence-corrected chi connectivity index (χ3v) is 6.07. The number of sulfonamides is 1. The maximum absolute atomic E-state index is 12.4. The first-order valence-corrected chi connectivity index (χ1v) is 7.64. The van der Waals surface area contributed by atoms with Crippen LogP contribution in [0.1, 0.15) is 33.3 Å². The molecular formula is C14H18N2O2S. The quantitative estimate of drug-likeness (QED) is 0.922. The number of benzene rings is 1. The molecule has 0 heterocycles. The van der Waals surface area contributed by atoms with E-state index in [0.717, 1.165) is 0 Å². The lowest BCUT2D eigenvalue weighted by atomic mass is 10.0. The van der Waals surface area contributed by atoms with E-state index in [0.29, 0.717) is 0 Å². The Kier molecular flexibility index (Phi) is 3.00. The van der Waals surface area contributed by atoms with Gasteiger partial charge in [-0.2, -0.15) is 5.26 Å². The van der Waals surface area contributed by atoms with Crippen molar-refractivity contribution in [3.05, 3.63) is 29.8 Å². The standard InChI is InChI=1S/C14H18N2O2S/c1-13(2)12(14(13,3)4)16-19(17,18)11-8-6-5-7-10(11)9-15/h5-8,12,16H,1-4H3. The molecule has 1 aliphatic rings. The molecule has 0 aliphatic heterocycles. The predicted octanol–water partition coefficient (Wildman–Crippen LogP) is 2.27. The van der Waals surface area contributed by atoms with Gasteiger partial charge in [0.25, 0.3) is 0 Å². The molecule has 0 amide bonds. The minimum Gasteiger partial charge on any atom is -0.207 e. The van der Waals surface area contributed by atoms with Crippen molar-refractivity contribution in [1.82, 2.24) is 4.72 Å². The lowest BCUT2D eigenvalue weighted by molar-refractivity contribution is 0.457. The molecule has 0 unspecified atom stereocenters. The first-order chi connectivity index (χ1) is 8.64. The average Bonchev–Trinajstić information content (AvgIpc) is 2.71. The fraction of sp³-hybridized carbons (Fsp3) is 0.500. The molecule has 0 atom stereocenters. The predicted molar refractivity (Wildman–Crippen MR) is 72.8 cm³/mol. The van der Waals surface area contributed by atoms with Crippen LogP contribution in [0.25, 0.3) is 0 Å². The summed E-state index contributed by atoms with van der Waals surface area (Å²) < 4.78 is 27.5. The Labute approximate surface area is 114 Å². The highest BCUT2D eigenvalue weighted by molar-refractivity contribution is 7.89. The van der Waals surface area contributed by atoms with Gasteiger partial charge < -0.3 is 0 Å². The number of hydrogen-bond acceptors (Lipinski definition) is 3. The number of nitriles is 1. The van der Waals surface area contributed by atoms with E-state index < -0.39 is 10.0 Å². The van der Waals surface area contributed by atoms with Gasteiger partial charge in [-0.15, -0.1) is 0 Å². The molecule has 2 rings (SSSR count). The van der Waals surface area contributed by atoms with Gasteiger partial charge in [0, 0.05) is 6.04 Å². The van der Waals surface area contributed by atoms with E-state index in [2.05, 4.69) is 4.72 Å². The summed E-state index contributed by atoms with van der Waals surface area (Å²) in [5.41, 5.74) is 0.00909. The molecule has 1 aliphatic carbocycles. The van der Waals surface area contributed by atoms with Crippen LogP contribution in [0, 0.1) is 22.2 Å². The minimum absolute atomic E-state index is 0.0519. The lowest BCUT2D eigenvalue weighted by Gasteiger charge is -2.09. The summed E-state index contributed by atoms with van der Waals surface area (Å²) in [6, 6.07) is 8.06. The Morgan fingerprint density at radius 1 is 1.16 bits per heavy atom. The highest BCUT2D eigenvalue weighted by atomic mass is 32.2. The first kappa shape index (κ1) is 14.0. The van der Waals surface area contributed by atoms with Crippen molar-refractivity contribution >= 4 is 10.0 Å². The van der Waals surface area contributed by atoms with Crippen LogP contribution in [0.5, 0.6) is 0 Å². The molecule has 102 valence electrons. The topological polar surface area (TPSA) is 70.0 Å². The number of hydrogen-bond donors (Lipinski definition) is 1. The molecule has 0 radical (unpaired) electrons. The lowest BCUT2D eigenvalue weighted by Crippen LogP contribution is -2.30. The van der Waals surface area contributed by atoms with Gasteiger partial charge in [-0.25, -0.2) is 13.1 Å². The zero-order chi connectivity index (χ0) is 14.5. The SMILES string of the molecule is CC1(C)C(NS(=O)(=O)c2ccccc2C#N)C1(C)C. The molecule has 1 fully saturated rings. The zero-order valence-electron chi connectivity index (χ0n) is 11.6. The van der Waals surface area contributed by atoms with Crippen LogP contribution in [0.4, 0.5) is 0 Å².